The summed E-state index contributed by atoms with van der Waals surface area (Å²) in [6.07, 6.45) is 3.87. The number of carbonyl (C=O) groups excluding carboxylic acids is 1. The van der Waals surface area contributed by atoms with Gasteiger partial charge in [-0.05, 0) is 18.9 Å². The van der Waals surface area contributed by atoms with E-state index in [0.29, 0.717) is 19.4 Å². The van der Waals surface area contributed by atoms with E-state index in [1.165, 1.54) is 23.4 Å². The van der Waals surface area contributed by atoms with E-state index in [2.05, 4.69) is 4.98 Å². The minimum Gasteiger partial charge on any atom is -0.505 e. The van der Waals surface area contributed by atoms with Gasteiger partial charge in [-0.2, -0.15) is 0 Å². The van der Waals surface area contributed by atoms with Crippen LogP contribution in [0.1, 0.15) is 23.2 Å². The largest absolute Gasteiger partial charge is 0.505 e. The summed E-state index contributed by atoms with van der Waals surface area (Å²) in [6, 6.07) is 1.43. The molecule has 0 aliphatic carbocycles. The molecule has 0 bridgehead atoms. The van der Waals surface area contributed by atoms with Crippen molar-refractivity contribution in [3.63, 3.8) is 0 Å². The highest BCUT2D eigenvalue weighted by molar-refractivity contribution is 5.96. The van der Waals surface area contributed by atoms with Gasteiger partial charge < -0.3 is 15.1 Å². The number of hydrogen-bond donors (Lipinski definition) is 2. The molecule has 6 nitrogen and oxygen atoms in total. The molecule has 0 unspecified atom stereocenters. The summed E-state index contributed by atoms with van der Waals surface area (Å²) in [6.45, 7) is 0.709. The lowest BCUT2D eigenvalue weighted by atomic mass is 9.97. The monoisotopic (exact) mass is 250 g/mol. The number of aromatic nitrogens is 1. The van der Waals surface area contributed by atoms with Crippen LogP contribution in [0, 0.1) is 5.92 Å². The normalized spacial score (nSPS) is 19.6. The highest BCUT2D eigenvalue weighted by atomic mass is 16.4. The molecule has 1 aromatic heterocycles. The molecule has 2 N–H and O–H groups in total. The summed E-state index contributed by atoms with van der Waals surface area (Å²) >= 11 is 0. The topological polar surface area (TPSA) is 90.7 Å². The highest BCUT2D eigenvalue weighted by Gasteiger charge is 2.29. The second-order valence-corrected chi connectivity index (χ2v) is 4.32. The molecule has 6 heteroatoms. The average Bonchev–Trinajstić information content (AvgIpc) is 2.38. The molecular weight excluding hydrogens is 236 g/mol. The Morgan fingerprint density at radius 1 is 1.44 bits per heavy atom. The third-order valence-electron chi connectivity index (χ3n) is 3.09. The van der Waals surface area contributed by atoms with Gasteiger partial charge >= 0.3 is 5.97 Å². The van der Waals surface area contributed by atoms with E-state index in [-0.39, 0.29) is 23.8 Å². The van der Waals surface area contributed by atoms with E-state index < -0.39 is 11.9 Å². The Kier molecular flexibility index (Phi) is 3.45. The molecule has 96 valence electrons. The van der Waals surface area contributed by atoms with Gasteiger partial charge in [-0.1, -0.05) is 0 Å². The molecule has 0 radical (unpaired) electrons. The van der Waals surface area contributed by atoms with Gasteiger partial charge in [0.1, 0.15) is 5.75 Å². The first-order valence-corrected chi connectivity index (χ1v) is 5.74. The first kappa shape index (κ1) is 12.3. The van der Waals surface area contributed by atoms with Gasteiger partial charge in [-0.15, -0.1) is 0 Å². The molecule has 1 saturated heterocycles. The van der Waals surface area contributed by atoms with Crippen molar-refractivity contribution < 1.29 is 19.8 Å². The second-order valence-electron chi connectivity index (χ2n) is 4.32. The number of rotatable bonds is 2. The maximum Gasteiger partial charge on any atom is 0.308 e. The number of amides is 1. The summed E-state index contributed by atoms with van der Waals surface area (Å²) < 4.78 is 0. The van der Waals surface area contributed by atoms with Gasteiger partial charge in [0, 0.05) is 19.3 Å². The predicted octanol–water partition coefficient (Wildman–Crippen LogP) is 0.724. The molecule has 1 fully saturated rings. The van der Waals surface area contributed by atoms with Gasteiger partial charge in [0.15, 0.2) is 0 Å². The number of carboxylic acid groups (broad SMARTS) is 1. The second kappa shape index (κ2) is 5.03. The molecule has 1 atom stereocenters. The molecular formula is C12H14N2O4. The number of likely N-dealkylation sites (tertiary alicyclic amines) is 1. The van der Waals surface area contributed by atoms with Crippen molar-refractivity contribution >= 4 is 11.9 Å². The quantitative estimate of drug-likeness (QED) is 0.807. The maximum absolute atomic E-state index is 12.1. The van der Waals surface area contributed by atoms with Crippen molar-refractivity contribution in [3.05, 3.63) is 24.0 Å². The Morgan fingerprint density at radius 3 is 2.89 bits per heavy atom. The average molecular weight is 250 g/mol. The zero-order valence-corrected chi connectivity index (χ0v) is 9.74. The summed E-state index contributed by atoms with van der Waals surface area (Å²) in [5.41, 5.74) is 0.163. The summed E-state index contributed by atoms with van der Waals surface area (Å²) in [5.74, 6) is -1.93. The molecule has 1 amide bonds. The number of carbonyl (C=O) groups is 2. The maximum atomic E-state index is 12.1. The third kappa shape index (κ3) is 2.42. The van der Waals surface area contributed by atoms with Crippen molar-refractivity contribution in [2.75, 3.05) is 13.1 Å². The highest BCUT2D eigenvalue weighted by Crippen LogP contribution is 2.22. The first-order valence-electron chi connectivity index (χ1n) is 5.74. The van der Waals surface area contributed by atoms with Crippen LogP contribution in [0.5, 0.6) is 5.75 Å². The Balaban J connectivity index is 2.14. The fourth-order valence-corrected chi connectivity index (χ4v) is 2.10. The fraction of sp³-hybridized carbons (Fsp3) is 0.417. The van der Waals surface area contributed by atoms with Crippen LogP contribution in [0.25, 0.3) is 0 Å². The third-order valence-corrected chi connectivity index (χ3v) is 3.09. The van der Waals surface area contributed by atoms with Crippen LogP contribution in [-0.2, 0) is 4.79 Å². The van der Waals surface area contributed by atoms with E-state index in [4.69, 9.17) is 5.11 Å². The lowest BCUT2D eigenvalue weighted by Gasteiger charge is -2.30. The van der Waals surface area contributed by atoms with Gasteiger partial charge in [-0.25, -0.2) is 0 Å². The van der Waals surface area contributed by atoms with Gasteiger partial charge in [-0.3, -0.25) is 14.6 Å². The Morgan fingerprint density at radius 2 is 2.22 bits per heavy atom. The standard InChI is InChI=1S/C12H14N2O4/c15-10-6-13-4-3-9(10)11(16)14-5-1-2-8(7-14)12(17)18/h3-4,6,8,15H,1-2,5,7H2,(H,17,18)/t8-/m1/s1. The number of hydrogen-bond acceptors (Lipinski definition) is 4. The van der Waals surface area contributed by atoms with Crippen molar-refractivity contribution in [3.8, 4) is 5.75 Å². The molecule has 1 aromatic rings. The van der Waals surface area contributed by atoms with Crippen LogP contribution in [0.2, 0.25) is 0 Å². The van der Waals surface area contributed by atoms with Crippen molar-refractivity contribution in [1.29, 1.82) is 0 Å². The molecule has 18 heavy (non-hydrogen) atoms. The first-order chi connectivity index (χ1) is 8.59. The summed E-state index contributed by atoms with van der Waals surface area (Å²) in [5, 5.41) is 18.5. The zero-order chi connectivity index (χ0) is 13.1. The minimum atomic E-state index is -0.883. The number of aliphatic carboxylic acids is 1. The van der Waals surface area contributed by atoms with E-state index in [9.17, 15) is 14.7 Å². The SMILES string of the molecule is O=C(O)[C@@H]1CCCN(C(=O)c2ccncc2O)C1. The van der Waals surface area contributed by atoms with Crippen LogP contribution in [0.3, 0.4) is 0 Å². The van der Waals surface area contributed by atoms with Gasteiger partial charge in [0.2, 0.25) is 0 Å². The number of pyridine rings is 1. The molecule has 2 rings (SSSR count). The molecule has 0 spiro atoms. The lowest BCUT2D eigenvalue weighted by Crippen LogP contribution is -2.42. The van der Waals surface area contributed by atoms with Crippen LogP contribution in [-0.4, -0.2) is 45.1 Å². The summed E-state index contributed by atoms with van der Waals surface area (Å²) in [4.78, 5) is 28.2. The lowest BCUT2D eigenvalue weighted by molar-refractivity contribution is -0.143. The Labute approximate surface area is 104 Å². The van der Waals surface area contributed by atoms with Gasteiger partial charge in [0.05, 0.1) is 17.7 Å². The van der Waals surface area contributed by atoms with Crippen molar-refractivity contribution in [1.82, 2.24) is 9.88 Å². The van der Waals surface area contributed by atoms with E-state index >= 15 is 0 Å². The smallest absolute Gasteiger partial charge is 0.308 e. The number of aromatic hydroxyl groups is 1. The number of piperidine rings is 1. The van der Waals surface area contributed by atoms with E-state index in [1.807, 2.05) is 0 Å². The minimum absolute atomic E-state index is 0.163. The summed E-state index contributed by atoms with van der Waals surface area (Å²) in [7, 11) is 0. The molecule has 1 aliphatic heterocycles. The van der Waals surface area contributed by atoms with E-state index in [0.717, 1.165) is 0 Å². The van der Waals surface area contributed by atoms with E-state index in [1.54, 1.807) is 0 Å². The Bertz CT molecular complexity index is 475. The number of nitrogens with zero attached hydrogens (tertiary/aromatic N) is 2. The predicted molar refractivity (Wildman–Crippen MR) is 62.2 cm³/mol. The van der Waals surface area contributed by atoms with Gasteiger partial charge in [0.25, 0.3) is 5.91 Å². The fourth-order valence-electron chi connectivity index (χ4n) is 2.10. The molecule has 1 aliphatic rings. The Hall–Kier alpha value is -2.11. The molecule has 2 heterocycles. The zero-order valence-electron chi connectivity index (χ0n) is 9.74. The van der Waals surface area contributed by atoms with Crippen molar-refractivity contribution in [2.24, 2.45) is 5.92 Å². The van der Waals surface area contributed by atoms with Crippen LogP contribution in [0.15, 0.2) is 18.5 Å². The van der Waals surface area contributed by atoms with Crippen LogP contribution < -0.4 is 0 Å². The van der Waals surface area contributed by atoms with Crippen LogP contribution >= 0.6 is 0 Å². The molecule has 0 saturated carbocycles. The number of carboxylic acids is 1. The van der Waals surface area contributed by atoms with Crippen molar-refractivity contribution in [2.45, 2.75) is 12.8 Å². The molecule has 0 aromatic carbocycles. The van der Waals surface area contributed by atoms with Crippen LogP contribution in [0.4, 0.5) is 0 Å².